The number of anilines is 1. The lowest BCUT2D eigenvalue weighted by molar-refractivity contribution is 0.506. The summed E-state index contributed by atoms with van der Waals surface area (Å²) in [5, 5.41) is 0. The number of hydrogen-bond donors (Lipinski definition) is 1. The summed E-state index contributed by atoms with van der Waals surface area (Å²) in [5.41, 5.74) is 6.33. The van der Waals surface area contributed by atoms with E-state index in [2.05, 4.69) is 22.6 Å². The van der Waals surface area contributed by atoms with Crippen molar-refractivity contribution in [2.45, 2.75) is 9.79 Å². The molecule has 17 heavy (non-hydrogen) atoms. The van der Waals surface area contributed by atoms with Gasteiger partial charge in [0.1, 0.15) is 0 Å². The Morgan fingerprint density at radius 2 is 1.76 bits per heavy atom. The maximum atomic E-state index is 13.0. The summed E-state index contributed by atoms with van der Waals surface area (Å²) in [6.07, 6.45) is 0. The van der Waals surface area contributed by atoms with Gasteiger partial charge < -0.3 is 5.73 Å². The molecule has 0 saturated carbocycles. The topological polar surface area (TPSA) is 26.0 Å². The van der Waals surface area contributed by atoms with Gasteiger partial charge in [-0.1, -0.05) is 11.8 Å². The Balaban J connectivity index is 2.28. The molecule has 1 nitrogen and oxygen atoms in total. The van der Waals surface area contributed by atoms with Crippen LogP contribution in [0.15, 0.2) is 46.2 Å². The van der Waals surface area contributed by atoms with Crippen LogP contribution in [0.4, 0.5) is 14.5 Å². The van der Waals surface area contributed by atoms with Crippen molar-refractivity contribution in [1.29, 1.82) is 0 Å². The van der Waals surface area contributed by atoms with Crippen LogP contribution in [0.3, 0.4) is 0 Å². The molecule has 0 heterocycles. The Labute approximate surface area is 116 Å². The van der Waals surface area contributed by atoms with Gasteiger partial charge in [0.2, 0.25) is 0 Å². The van der Waals surface area contributed by atoms with Crippen LogP contribution in [-0.4, -0.2) is 0 Å². The lowest BCUT2D eigenvalue weighted by Gasteiger charge is -2.05. The van der Waals surface area contributed by atoms with Gasteiger partial charge in [0.15, 0.2) is 11.6 Å². The fraction of sp³-hybridized carbons (Fsp3) is 0. The Morgan fingerprint density at radius 3 is 2.41 bits per heavy atom. The summed E-state index contributed by atoms with van der Waals surface area (Å²) in [7, 11) is 0. The zero-order chi connectivity index (χ0) is 12.4. The number of nitrogen functional groups attached to an aromatic ring is 1. The Kier molecular flexibility index (Phi) is 3.88. The number of halogens is 3. The molecule has 0 aliphatic heterocycles. The molecule has 2 aromatic carbocycles. The third-order valence-electron chi connectivity index (χ3n) is 2.07. The van der Waals surface area contributed by atoms with E-state index in [0.29, 0.717) is 10.6 Å². The molecule has 0 atom stereocenters. The van der Waals surface area contributed by atoms with Gasteiger partial charge >= 0.3 is 0 Å². The van der Waals surface area contributed by atoms with Crippen LogP contribution in [0.25, 0.3) is 0 Å². The van der Waals surface area contributed by atoms with E-state index in [0.717, 1.165) is 14.5 Å². The zero-order valence-corrected chi connectivity index (χ0v) is 11.6. The van der Waals surface area contributed by atoms with Crippen molar-refractivity contribution >= 4 is 40.0 Å². The summed E-state index contributed by atoms with van der Waals surface area (Å²) >= 11 is 3.54. The summed E-state index contributed by atoms with van der Waals surface area (Å²) in [5.74, 6) is -1.66. The molecule has 2 aromatic rings. The third-order valence-corrected chi connectivity index (χ3v) is 4.40. The fourth-order valence-corrected chi connectivity index (χ4v) is 2.98. The number of hydrogen-bond acceptors (Lipinski definition) is 2. The number of nitrogens with two attached hydrogens (primary N) is 1. The standard InChI is InChI=1S/C12H8F2INS/c13-9-3-2-8(6-10(9)14)17-12-4-1-7(16)5-11(12)15/h1-6H,16H2. The summed E-state index contributed by atoms with van der Waals surface area (Å²) < 4.78 is 26.8. The summed E-state index contributed by atoms with van der Waals surface area (Å²) in [4.78, 5) is 1.62. The number of benzene rings is 2. The average molecular weight is 363 g/mol. The van der Waals surface area contributed by atoms with Gasteiger partial charge in [-0.3, -0.25) is 0 Å². The van der Waals surface area contributed by atoms with Gasteiger partial charge in [-0.25, -0.2) is 8.78 Å². The highest BCUT2D eigenvalue weighted by Crippen LogP contribution is 2.32. The molecular formula is C12H8F2INS. The van der Waals surface area contributed by atoms with Gasteiger partial charge in [0, 0.05) is 19.0 Å². The molecule has 0 aliphatic carbocycles. The molecule has 0 unspecified atom stereocenters. The SMILES string of the molecule is Nc1ccc(Sc2ccc(F)c(F)c2)c(I)c1. The van der Waals surface area contributed by atoms with Gasteiger partial charge in [0.05, 0.1) is 0 Å². The number of rotatable bonds is 2. The fourth-order valence-electron chi connectivity index (χ4n) is 1.27. The molecular weight excluding hydrogens is 355 g/mol. The van der Waals surface area contributed by atoms with E-state index in [1.807, 2.05) is 12.1 Å². The predicted octanol–water partition coefficient (Wildman–Crippen LogP) is 4.30. The highest BCUT2D eigenvalue weighted by molar-refractivity contribution is 14.1. The normalized spacial score (nSPS) is 10.5. The van der Waals surface area contributed by atoms with E-state index in [1.165, 1.54) is 17.8 Å². The molecule has 2 N–H and O–H groups in total. The minimum Gasteiger partial charge on any atom is -0.399 e. The van der Waals surface area contributed by atoms with Gasteiger partial charge in [0.25, 0.3) is 0 Å². The van der Waals surface area contributed by atoms with Crippen molar-refractivity contribution in [3.8, 4) is 0 Å². The van der Waals surface area contributed by atoms with Crippen LogP contribution in [0, 0.1) is 15.2 Å². The lowest BCUT2D eigenvalue weighted by Crippen LogP contribution is -1.88. The van der Waals surface area contributed by atoms with E-state index >= 15 is 0 Å². The molecule has 0 amide bonds. The maximum absolute atomic E-state index is 13.0. The first-order valence-corrected chi connectivity index (χ1v) is 6.64. The van der Waals surface area contributed by atoms with Crippen LogP contribution in [0.2, 0.25) is 0 Å². The van der Waals surface area contributed by atoms with E-state index in [1.54, 1.807) is 12.1 Å². The second-order valence-electron chi connectivity index (χ2n) is 3.37. The molecule has 5 heteroatoms. The van der Waals surface area contributed by atoms with E-state index < -0.39 is 11.6 Å². The average Bonchev–Trinajstić information content (AvgIpc) is 2.27. The van der Waals surface area contributed by atoms with E-state index in [-0.39, 0.29) is 0 Å². The highest BCUT2D eigenvalue weighted by Gasteiger charge is 2.06. The highest BCUT2D eigenvalue weighted by atomic mass is 127. The largest absolute Gasteiger partial charge is 0.399 e. The summed E-state index contributed by atoms with van der Waals surface area (Å²) in [6.45, 7) is 0. The molecule has 0 fully saturated rings. The molecule has 0 spiro atoms. The summed E-state index contributed by atoms with van der Waals surface area (Å²) in [6, 6.07) is 9.35. The second kappa shape index (κ2) is 5.22. The van der Waals surface area contributed by atoms with Crippen LogP contribution >= 0.6 is 34.4 Å². The van der Waals surface area contributed by atoms with Crippen molar-refractivity contribution in [1.82, 2.24) is 0 Å². The molecule has 0 radical (unpaired) electrons. The van der Waals surface area contributed by atoms with Crippen LogP contribution in [0.1, 0.15) is 0 Å². The molecule has 0 bridgehead atoms. The van der Waals surface area contributed by atoms with Crippen molar-refractivity contribution in [2.24, 2.45) is 0 Å². The van der Waals surface area contributed by atoms with Crippen molar-refractivity contribution in [2.75, 3.05) is 5.73 Å². The van der Waals surface area contributed by atoms with Crippen molar-refractivity contribution in [3.05, 3.63) is 51.6 Å². The maximum Gasteiger partial charge on any atom is 0.159 e. The van der Waals surface area contributed by atoms with Gasteiger partial charge in [-0.2, -0.15) is 0 Å². The minimum atomic E-state index is -0.833. The molecule has 0 aromatic heterocycles. The quantitative estimate of drug-likeness (QED) is 0.636. The second-order valence-corrected chi connectivity index (χ2v) is 5.65. The van der Waals surface area contributed by atoms with Gasteiger partial charge in [-0.05, 0) is 59.0 Å². The smallest absolute Gasteiger partial charge is 0.159 e. The Morgan fingerprint density at radius 1 is 1.00 bits per heavy atom. The first-order chi connectivity index (χ1) is 8.06. The first-order valence-electron chi connectivity index (χ1n) is 4.74. The molecule has 88 valence electrons. The van der Waals surface area contributed by atoms with Crippen LogP contribution in [-0.2, 0) is 0 Å². The molecule has 0 saturated heterocycles. The van der Waals surface area contributed by atoms with Crippen LogP contribution in [0.5, 0.6) is 0 Å². The van der Waals surface area contributed by atoms with Gasteiger partial charge in [-0.15, -0.1) is 0 Å². The van der Waals surface area contributed by atoms with Crippen LogP contribution < -0.4 is 5.73 Å². The van der Waals surface area contributed by atoms with Crippen molar-refractivity contribution in [3.63, 3.8) is 0 Å². The lowest BCUT2D eigenvalue weighted by atomic mass is 10.3. The van der Waals surface area contributed by atoms with E-state index in [9.17, 15) is 8.78 Å². The third kappa shape index (κ3) is 3.10. The molecule has 0 aliphatic rings. The van der Waals surface area contributed by atoms with E-state index in [4.69, 9.17) is 5.73 Å². The molecule has 2 rings (SSSR count). The predicted molar refractivity (Wildman–Crippen MR) is 74.1 cm³/mol. The monoisotopic (exact) mass is 363 g/mol. The van der Waals surface area contributed by atoms with Crippen molar-refractivity contribution < 1.29 is 8.78 Å². The first kappa shape index (κ1) is 12.6. The Bertz CT molecular complexity index is 560. The Hall–Kier alpha value is -0.820. The minimum absolute atomic E-state index is 0.659. The zero-order valence-electron chi connectivity index (χ0n) is 8.58.